The normalized spacial score (nSPS) is 11.0. The molecule has 0 fully saturated rings. The summed E-state index contributed by atoms with van der Waals surface area (Å²) in [7, 11) is 1.83. The van der Waals surface area contributed by atoms with Crippen LogP contribution in [0.2, 0.25) is 0 Å². The summed E-state index contributed by atoms with van der Waals surface area (Å²) in [6.45, 7) is 2.48. The van der Waals surface area contributed by atoms with Crippen LogP contribution < -0.4 is 15.4 Å². The van der Waals surface area contributed by atoms with Crippen LogP contribution in [-0.2, 0) is 0 Å². The molecule has 3 heterocycles. The largest absolute Gasteiger partial charge is 0.457 e. The van der Waals surface area contributed by atoms with E-state index in [1.165, 1.54) is 6.33 Å². The predicted octanol–water partition coefficient (Wildman–Crippen LogP) is 4.74. The lowest BCUT2D eigenvalue weighted by Crippen LogP contribution is -2.33. The lowest BCUT2D eigenvalue weighted by atomic mass is 10.1. The summed E-state index contributed by atoms with van der Waals surface area (Å²) in [5.41, 5.74) is 4.29. The number of aliphatic hydroxyl groups excluding tert-OH is 1. The van der Waals surface area contributed by atoms with Crippen LogP contribution in [0, 0.1) is 6.92 Å². The van der Waals surface area contributed by atoms with E-state index < -0.39 is 0 Å². The fourth-order valence-corrected chi connectivity index (χ4v) is 3.97. The lowest BCUT2D eigenvalue weighted by Gasteiger charge is -2.20. The number of likely N-dealkylation sites (N-methyl/N-ethyl adjacent to an activating group) is 1. The van der Waals surface area contributed by atoms with Crippen molar-refractivity contribution in [1.82, 2.24) is 24.3 Å². The van der Waals surface area contributed by atoms with Crippen LogP contribution in [-0.4, -0.2) is 54.7 Å². The van der Waals surface area contributed by atoms with Crippen molar-refractivity contribution >= 4 is 51.1 Å². The summed E-state index contributed by atoms with van der Waals surface area (Å²) in [6.07, 6.45) is 7.10. The molecule has 10 heteroatoms. The van der Waals surface area contributed by atoms with Crippen LogP contribution in [0.5, 0.6) is 11.5 Å². The number of benzene rings is 2. The molecule has 0 aliphatic carbocycles. The molecule has 9 nitrogen and oxygen atoms in total. The van der Waals surface area contributed by atoms with E-state index in [-0.39, 0.29) is 6.61 Å². The van der Waals surface area contributed by atoms with Crippen LogP contribution >= 0.6 is 12.2 Å². The van der Waals surface area contributed by atoms with Crippen molar-refractivity contribution in [3.05, 3.63) is 79.0 Å². The number of aromatic nitrogens is 4. The number of aliphatic hydroxyl groups is 1. The Hall–Kier alpha value is -4.28. The SMILES string of the molecule is Cc1cc(Nc2ncnc3ccc(NC(=S)N(C)CCO)cc23)ccc1Oc1ccn2ccnc2c1. The molecule has 0 aliphatic heterocycles. The average molecular weight is 500 g/mol. The van der Waals surface area contributed by atoms with Crippen molar-refractivity contribution in [3.63, 3.8) is 0 Å². The number of ether oxygens (including phenoxy) is 1. The standard InChI is InChI=1S/C26H25N7O2S/c1-17-13-18(4-6-23(17)35-20-7-9-33-10-8-27-24(33)15-20)30-25-21-14-19(3-5-22(21)28-16-29-25)31-26(36)32(2)11-12-34/h3-10,13-16,34H,11-12H2,1-2H3,(H,31,36)(H,28,29,30). The molecule has 0 amide bonds. The van der Waals surface area contributed by atoms with E-state index in [1.54, 1.807) is 11.1 Å². The Morgan fingerprint density at radius 3 is 2.75 bits per heavy atom. The number of hydrogen-bond acceptors (Lipinski definition) is 7. The summed E-state index contributed by atoms with van der Waals surface area (Å²) >= 11 is 5.42. The molecule has 182 valence electrons. The van der Waals surface area contributed by atoms with Gasteiger partial charge in [0.15, 0.2) is 5.11 Å². The van der Waals surface area contributed by atoms with Gasteiger partial charge in [-0.2, -0.15) is 0 Å². The third kappa shape index (κ3) is 5.04. The van der Waals surface area contributed by atoms with Gasteiger partial charge >= 0.3 is 0 Å². The quantitative estimate of drug-likeness (QED) is 0.274. The zero-order valence-corrected chi connectivity index (χ0v) is 20.7. The summed E-state index contributed by atoms with van der Waals surface area (Å²) < 4.78 is 8.04. The number of thiocarbonyl (C=S) groups is 1. The second-order valence-electron chi connectivity index (χ2n) is 8.29. The van der Waals surface area contributed by atoms with Gasteiger partial charge in [-0.3, -0.25) is 0 Å². The molecule has 0 saturated carbocycles. The molecule has 36 heavy (non-hydrogen) atoms. The zero-order valence-electron chi connectivity index (χ0n) is 19.8. The minimum atomic E-state index is 0.0286. The highest BCUT2D eigenvalue weighted by atomic mass is 32.1. The summed E-state index contributed by atoms with van der Waals surface area (Å²) in [5.74, 6) is 2.16. The van der Waals surface area contributed by atoms with E-state index >= 15 is 0 Å². The molecule has 0 saturated heterocycles. The fraction of sp³-hybridized carbons (Fsp3) is 0.154. The van der Waals surface area contributed by atoms with Gasteiger partial charge < -0.3 is 29.8 Å². The van der Waals surface area contributed by atoms with E-state index in [2.05, 4.69) is 25.6 Å². The minimum absolute atomic E-state index is 0.0286. The Morgan fingerprint density at radius 1 is 1.06 bits per heavy atom. The Labute approximate surface area is 213 Å². The van der Waals surface area contributed by atoms with Gasteiger partial charge in [-0.05, 0) is 67.2 Å². The van der Waals surface area contributed by atoms with E-state index in [9.17, 15) is 0 Å². The van der Waals surface area contributed by atoms with Gasteiger partial charge in [-0.15, -0.1) is 0 Å². The Morgan fingerprint density at radius 2 is 1.92 bits per heavy atom. The molecule has 5 aromatic rings. The van der Waals surface area contributed by atoms with Gasteiger partial charge in [0.1, 0.15) is 29.3 Å². The monoisotopic (exact) mass is 499 g/mol. The van der Waals surface area contributed by atoms with E-state index in [4.69, 9.17) is 22.1 Å². The first-order valence-electron chi connectivity index (χ1n) is 11.4. The van der Waals surface area contributed by atoms with Crippen molar-refractivity contribution in [1.29, 1.82) is 0 Å². The predicted molar refractivity (Wildman–Crippen MR) is 145 cm³/mol. The first-order valence-corrected chi connectivity index (χ1v) is 11.8. The smallest absolute Gasteiger partial charge is 0.173 e. The first-order chi connectivity index (χ1) is 17.5. The molecular formula is C26H25N7O2S. The van der Waals surface area contributed by atoms with E-state index in [0.717, 1.165) is 45.0 Å². The van der Waals surface area contributed by atoms with Gasteiger partial charge in [-0.25, -0.2) is 15.0 Å². The maximum absolute atomic E-state index is 9.14. The molecule has 0 unspecified atom stereocenters. The van der Waals surface area contributed by atoms with Gasteiger partial charge in [0.2, 0.25) is 0 Å². The van der Waals surface area contributed by atoms with Gasteiger partial charge in [0.25, 0.3) is 0 Å². The highest BCUT2D eigenvalue weighted by Gasteiger charge is 2.10. The number of hydrogen-bond donors (Lipinski definition) is 3. The molecule has 0 spiro atoms. The van der Waals surface area contributed by atoms with E-state index in [0.29, 0.717) is 17.5 Å². The summed E-state index contributed by atoms with van der Waals surface area (Å²) in [6, 6.07) is 15.5. The molecule has 0 radical (unpaired) electrons. The van der Waals surface area contributed by atoms with Gasteiger partial charge in [0, 0.05) is 55.0 Å². The Balaban J connectivity index is 1.36. The van der Waals surface area contributed by atoms with Crippen LogP contribution in [0.1, 0.15) is 5.56 Å². The number of nitrogens with zero attached hydrogens (tertiary/aromatic N) is 5. The number of nitrogens with one attached hydrogen (secondary N) is 2. The van der Waals surface area contributed by atoms with Gasteiger partial charge in [0.05, 0.1) is 12.1 Å². The Bertz CT molecular complexity index is 1550. The highest BCUT2D eigenvalue weighted by Crippen LogP contribution is 2.31. The van der Waals surface area contributed by atoms with Crippen molar-refractivity contribution in [2.45, 2.75) is 6.92 Å². The molecule has 5 rings (SSSR count). The molecule has 0 bridgehead atoms. The van der Waals surface area contributed by atoms with Crippen LogP contribution in [0.15, 0.2) is 73.4 Å². The first kappa shape index (κ1) is 23.5. The van der Waals surface area contributed by atoms with Crippen LogP contribution in [0.3, 0.4) is 0 Å². The number of imidazole rings is 1. The highest BCUT2D eigenvalue weighted by molar-refractivity contribution is 7.80. The molecule has 0 aliphatic rings. The fourth-order valence-electron chi connectivity index (χ4n) is 3.76. The second-order valence-corrected chi connectivity index (χ2v) is 8.68. The minimum Gasteiger partial charge on any atom is -0.457 e. The third-order valence-electron chi connectivity index (χ3n) is 5.70. The summed E-state index contributed by atoms with van der Waals surface area (Å²) in [5, 5.41) is 17.1. The third-order valence-corrected chi connectivity index (χ3v) is 6.12. The number of aryl methyl sites for hydroxylation is 1. The average Bonchev–Trinajstić information content (AvgIpc) is 3.34. The van der Waals surface area contributed by atoms with Crippen molar-refractivity contribution in [3.8, 4) is 11.5 Å². The maximum Gasteiger partial charge on any atom is 0.173 e. The number of rotatable bonds is 7. The van der Waals surface area contributed by atoms with Crippen molar-refractivity contribution in [2.75, 3.05) is 30.8 Å². The lowest BCUT2D eigenvalue weighted by molar-refractivity contribution is 0.265. The van der Waals surface area contributed by atoms with Crippen molar-refractivity contribution < 1.29 is 9.84 Å². The topological polar surface area (TPSA) is 99.8 Å². The second kappa shape index (κ2) is 10.1. The Kier molecular flexibility index (Phi) is 6.61. The molecule has 0 atom stereocenters. The maximum atomic E-state index is 9.14. The van der Waals surface area contributed by atoms with Crippen molar-refractivity contribution in [2.24, 2.45) is 0 Å². The van der Waals surface area contributed by atoms with Crippen LogP contribution in [0.4, 0.5) is 17.2 Å². The number of pyridine rings is 1. The zero-order chi connectivity index (χ0) is 25.1. The van der Waals surface area contributed by atoms with Crippen LogP contribution in [0.25, 0.3) is 16.6 Å². The van der Waals surface area contributed by atoms with Gasteiger partial charge in [-0.1, -0.05) is 0 Å². The summed E-state index contributed by atoms with van der Waals surface area (Å²) in [4.78, 5) is 14.9. The molecule has 2 aromatic carbocycles. The molecule has 3 N–H and O–H groups in total. The number of anilines is 3. The van der Waals surface area contributed by atoms with E-state index in [1.807, 2.05) is 79.3 Å². The molecular weight excluding hydrogens is 474 g/mol. The number of fused-ring (bicyclic) bond motifs is 2. The molecule has 3 aromatic heterocycles.